The van der Waals surface area contributed by atoms with E-state index in [1.807, 2.05) is 50.2 Å². The third kappa shape index (κ3) is 4.12. The van der Waals surface area contributed by atoms with E-state index >= 15 is 0 Å². The Morgan fingerprint density at radius 3 is 2.41 bits per heavy atom. The van der Waals surface area contributed by atoms with Gasteiger partial charge in [-0.25, -0.2) is 0 Å². The Hall–Kier alpha value is -3.21. The molecule has 32 heavy (non-hydrogen) atoms. The van der Waals surface area contributed by atoms with Gasteiger partial charge in [-0.15, -0.1) is 0 Å². The fraction of sp³-hybridized carbons (Fsp3) is 0.370. The fourth-order valence-electron chi connectivity index (χ4n) is 4.96. The van der Waals surface area contributed by atoms with E-state index in [4.69, 9.17) is 9.73 Å². The lowest BCUT2D eigenvalue weighted by Gasteiger charge is -2.41. The van der Waals surface area contributed by atoms with Gasteiger partial charge in [0.2, 0.25) is 0 Å². The summed E-state index contributed by atoms with van der Waals surface area (Å²) in [4.78, 5) is 31.8. The summed E-state index contributed by atoms with van der Waals surface area (Å²) < 4.78 is 5.40. The molecule has 1 unspecified atom stereocenters. The van der Waals surface area contributed by atoms with Crippen molar-refractivity contribution in [1.29, 1.82) is 0 Å². The van der Waals surface area contributed by atoms with Gasteiger partial charge >= 0.3 is 0 Å². The van der Waals surface area contributed by atoms with E-state index in [1.165, 1.54) is 0 Å². The highest BCUT2D eigenvalue weighted by Gasteiger charge is 2.47. The van der Waals surface area contributed by atoms with Crippen LogP contribution >= 0.6 is 0 Å². The van der Waals surface area contributed by atoms with Crippen LogP contribution in [0.3, 0.4) is 0 Å². The van der Waals surface area contributed by atoms with E-state index in [0.29, 0.717) is 29.1 Å². The van der Waals surface area contributed by atoms with Crippen LogP contribution in [0.4, 0.5) is 5.69 Å². The van der Waals surface area contributed by atoms with Gasteiger partial charge in [0, 0.05) is 29.3 Å². The molecule has 0 radical (unpaired) electrons. The largest absolute Gasteiger partial charge is 0.495 e. The molecule has 0 aromatic heterocycles. The highest BCUT2D eigenvalue weighted by molar-refractivity contribution is 6.14. The van der Waals surface area contributed by atoms with Crippen LogP contribution in [0.25, 0.3) is 0 Å². The van der Waals surface area contributed by atoms with Crippen LogP contribution in [0.2, 0.25) is 0 Å². The lowest BCUT2D eigenvalue weighted by Crippen LogP contribution is -2.44. The summed E-state index contributed by atoms with van der Waals surface area (Å²) >= 11 is 0. The number of fused-ring (bicyclic) bond motifs is 1. The van der Waals surface area contributed by atoms with Gasteiger partial charge in [0.05, 0.1) is 18.7 Å². The normalized spacial score (nSPS) is 22.2. The number of para-hydroxylation sites is 2. The minimum atomic E-state index is -0.409. The van der Waals surface area contributed by atoms with E-state index < -0.39 is 5.92 Å². The second-order valence-corrected chi connectivity index (χ2v) is 9.61. The summed E-state index contributed by atoms with van der Waals surface area (Å²) in [7, 11) is 1.57. The summed E-state index contributed by atoms with van der Waals surface area (Å²) in [6.45, 7) is 8.11. The van der Waals surface area contributed by atoms with Gasteiger partial charge < -0.3 is 10.1 Å². The molecule has 2 aliphatic rings. The Kier molecular flexibility index (Phi) is 5.76. The molecule has 5 nitrogen and oxygen atoms in total. The fourth-order valence-corrected chi connectivity index (χ4v) is 4.96. The predicted molar refractivity (Wildman–Crippen MR) is 127 cm³/mol. The zero-order chi connectivity index (χ0) is 23.0. The molecule has 1 amide bonds. The third-order valence-corrected chi connectivity index (χ3v) is 6.40. The maximum absolute atomic E-state index is 13.6. The number of hydrogen-bond acceptors (Lipinski definition) is 4. The molecule has 1 aliphatic carbocycles. The topological polar surface area (TPSA) is 67.8 Å². The third-order valence-electron chi connectivity index (χ3n) is 6.40. The molecular weight excluding hydrogens is 400 g/mol. The van der Waals surface area contributed by atoms with Crippen molar-refractivity contribution in [1.82, 2.24) is 0 Å². The van der Waals surface area contributed by atoms with Crippen LogP contribution < -0.4 is 10.1 Å². The Labute approximate surface area is 189 Å². The van der Waals surface area contributed by atoms with Gasteiger partial charge in [0.15, 0.2) is 0 Å². The summed E-state index contributed by atoms with van der Waals surface area (Å²) in [5.74, 6) is -0.283. The maximum Gasteiger partial charge on any atom is 0.254 e. The monoisotopic (exact) mass is 430 g/mol. The lowest BCUT2D eigenvalue weighted by atomic mass is 9.63. The van der Waals surface area contributed by atoms with Gasteiger partial charge in [-0.05, 0) is 43.4 Å². The van der Waals surface area contributed by atoms with E-state index in [2.05, 4.69) is 19.2 Å². The molecule has 1 saturated carbocycles. The highest BCUT2D eigenvalue weighted by Crippen LogP contribution is 2.47. The second kappa shape index (κ2) is 8.38. The van der Waals surface area contributed by atoms with E-state index in [0.717, 1.165) is 23.3 Å². The van der Waals surface area contributed by atoms with Crippen LogP contribution in [0.5, 0.6) is 5.75 Å². The first-order chi connectivity index (χ1) is 15.2. The van der Waals surface area contributed by atoms with Crippen molar-refractivity contribution in [3.63, 3.8) is 0 Å². The SMILES string of the molecule is COc1ccccc1NC(=O)C1=C(C)N=C2CC(C)(C)CC(=O)C2[C@H]1c1ccc(C)cc1. The summed E-state index contributed by atoms with van der Waals surface area (Å²) in [6, 6.07) is 15.4. The van der Waals surface area contributed by atoms with E-state index in [9.17, 15) is 9.59 Å². The summed E-state index contributed by atoms with van der Waals surface area (Å²) in [5, 5.41) is 3.00. The van der Waals surface area contributed by atoms with Crippen molar-refractivity contribution < 1.29 is 14.3 Å². The Bertz CT molecular complexity index is 1130. The number of anilines is 1. The number of methoxy groups -OCH3 is 1. The lowest BCUT2D eigenvalue weighted by molar-refractivity contribution is -0.124. The number of Topliss-reactive ketones (excluding diaryl/α,β-unsaturated/α-hetero) is 1. The van der Waals surface area contributed by atoms with Gasteiger partial charge in [-0.3, -0.25) is 14.6 Å². The second-order valence-electron chi connectivity index (χ2n) is 9.61. The predicted octanol–water partition coefficient (Wildman–Crippen LogP) is 5.46. The molecule has 2 aromatic rings. The molecule has 1 N–H and O–H groups in total. The first-order valence-electron chi connectivity index (χ1n) is 11.0. The van der Waals surface area contributed by atoms with Gasteiger partial charge in [-0.1, -0.05) is 55.8 Å². The smallest absolute Gasteiger partial charge is 0.254 e. The Balaban J connectivity index is 1.81. The molecule has 1 heterocycles. The van der Waals surface area contributed by atoms with E-state index in [-0.39, 0.29) is 23.0 Å². The van der Waals surface area contributed by atoms with Crippen molar-refractivity contribution in [2.45, 2.75) is 46.5 Å². The molecule has 2 aromatic carbocycles. The number of rotatable bonds is 4. The first-order valence-corrected chi connectivity index (χ1v) is 11.0. The van der Waals surface area contributed by atoms with Gasteiger partial charge in [0.25, 0.3) is 5.91 Å². The van der Waals surface area contributed by atoms with Crippen LogP contribution in [0, 0.1) is 18.3 Å². The van der Waals surface area contributed by atoms with Crippen molar-refractivity contribution >= 4 is 23.1 Å². The van der Waals surface area contributed by atoms with Crippen LogP contribution in [-0.2, 0) is 9.59 Å². The van der Waals surface area contributed by atoms with Gasteiger partial charge in [0.1, 0.15) is 11.5 Å². The number of carbonyl (C=O) groups excluding carboxylic acids is 2. The minimum absolute atomic E-state index is 0.123. The molecular formula is C27H30N2O3. The molecule has 1 aliphatic heterocycles. The van der Waals surface area contributed by atoms with E-state index in [1.54, 1.807) is 19.2 Å². The maximum atomic E-state index is 13.6. The van der Waals surface area contributed by atoms with Crippen LogP contribution in [0.15, 0.2) is 64.8 Å². The van der Waals surface area contributed by atoms with Crippen LogP contribution in [-0.4, -0.2) is 24.5 Å². The number of ketones is 1. The zero-order valence-electron chi connectivity index (χ0n) is 19.4. The van der Waals surface area contributed by atoms with Gasteiger partial charge in [-0.2, -0.15) is 0 Å². The Morgan fingerprint density at radius 2 is 1.72 bits per heavy atom. The van der Waals surface area contributed by atoms with Crippen molar-refractivity contribution in [3.05, 3.63) is 70.9 Å². The number of hydrogen-bond donors (Lipinski definition) is 1. The molecule has 5 heteroatoms. The summed E-state index contributed by atoms with van der Waals surface area (Å²) in [5.41, 5.74) is 4.67. The quantitative estimate of drug-likeness (QED) is 0.700. The summed E-state index contributed by atoms with van der Waals surface area (Å²) in [6.07, 6.45) is 1.24. The minimum Gasteiger partial charge on any atom is -0.495 e. The van der Waals surface area contributed by atoms with Crippen molar-refractivity contribution in [2.75, 3.05) is 12.4 Å². The number of nitrogens with one attached hydrogen (secondary N) is 1. The van der Waals surface area contributed by atoms with Crippen molar-refractivity contribution in [3.8, 4) is 5.75 Å². The molecule has 2 atom stereocenters. The number of amides is 1. The number of allylic oxidation sites excluding steroid dienone is 1. The zero-order valence-corrected chi connectivity index (χ0v) is 19.4. The highest BCUT2D eigenvalue weighted by atomic mass is 16.5. The number of carbonyl (C=O) groups is 2. The number of aryl methyl sites for hydroxylation is 1. The number of nitrogens with zero attached hydrogens (tertiary/aromatic N) is 1. The molecule has 166 valence electrons. The van der Waals surface area contributed by atoms with Crippen molar-refractivity contribution in [2.24, 2.45) is 16.3 Å². The molecule has 1 fully saturated rings. The molecule has 4 rings (SSSR count). The number of ether oxygens (including phenoxy) is 1. The first kappa shape index (κ1) is 22.0. The molecule has 0 bridgehead atoms. The average Bonchev–Trinajstić information content (AvgIpc) is 2.72. The molecule has 0 saturated heterocycles. The number of benzene rings is 2. The molecule has 0 spiro atoms. The standard InChI is InChI=1S/C27H30N2O3/c1-16-10-12-18(13-11-16)24-23(26(31)29-19-8-6-7-9-22(19)32-5)17(2)28-20-14-27(3,4)15-21(30)25(20)24/h6-13,24-25H,14-15H2,1-5H3,(H,29,31)/t24-,25?/m0/s1. The average molecular weight is 431 g/mol. The van der Waals surface area contributed by atoms with Crippen LogP contribution in [0.1, 0.15) is 50.7 Å². The Morgan fingerprint density at radius 1 is 1.03 bits per heavy atom. The number of aliphatic imine (C=N–C) groups is 1.